The Labute approximate surface area is 181 Å². The van der Waals surface area contributed by atoms with Crippen LogP contribution in [-0.2, 0) is 12.8 Å². The molecule has 0 saturated heterocycles. The fourth-order valence-electron chi connectivity index (χ4n) is 2.63. The highest BCUT2D eigenvalue weighted by molar-refractivity contribution is 7.13. The lowest BCUT2D eigenvalue weighted by Gasteiger charge is -2.20. The van der Waals surface area contributed by atoms with Crippen molar-refractivity contribution in [2.45, 2.75) is 32.7 Å². The minimum atomic E-state index is -4.40. The van der Waals surface area contributed by atoms with Crippen LogP contribution in [0.5, 0.6) is 5.75 Å². The van der Waals surface area contributed by atoms with E-state index in [-0.39, 0.29) is 35.6 Å². The molecule has 0 saturated carbocycles. The Bertz CT molecular complexity index is 1060. The summed E-state index contributed by atoms with van der Waals surface area (Å²) in [6, 6.07) is 8.81. The second kappa shape index (κ2) is 9.05. The molecule has 0 fully saturated rings. The Kier molecular flexibility index (Phi) is 6.64. The third kappa shape index (κ3) is 5.41. The number of benzene rings is 2. The summed E-state index contributed by atoms with van der Waals surface area (Å²) < 4.78 is 57.9. The first kappa shape index (κ1) is 22.7. The van der Waals surface area contributed by atoms with Crippen LogP contribution in [0, 0.1) is 5.82 Å². The molecule has 31 heavy (non-hydrogen) atoms. The first-order chi connectivity index (χ1) is 14.6. The van der Waals surface area contributed by atoms with Crippen molar-refractivity contribution in [3.05, 3.63) is 70.5 Å². The molecule has 0 unspecified atom stereocenters. The summed E-state index contributed by atoms with van der Waals surface area (Å²) in [5, 5.41) is 1.96. The molecule has 1 heterocycles. The fourth-order valence-corrected chi connectivity index (χ4v) is 3.45. The normalized spacial score (nSPS) is 11.6. The van der Waals surface area contributed by atoms with E-state index in [1.165, 1.54) is 24.3 Å². The number of hydrogen-bond donors (Lipinski definition) is 0. The van der Waals surface area contributed by atoms with Gasteiger partial charge in [-0.15, -0.1) is 11.3 Å². The molecule has 0 aliphatic heterocycles. The molecule has 0 N–H and O–H groups in total. The van der Waals surface area contributed by atoms with E-state index in [4.69, 9.17) is 4.74 Å². The van der Waals surface area contributed by atoms with Crippen LogP contribution in [0.4, 0.5) is 17.6 Å². The first-order valence-corrected chi connectivity index (χ1v) is 10.3. The van der Waals surface area contributed by atoms with Gasteiger partial charge >= 0.3 is 6.18 Å². The zero-order chi connectivity index (χ0) is 22.8. The third-order valence-electron chi connectivity index (χ3n) is 4.68. The number of carbonyl (C=O) groups excluding carboxylic acids is 1. The molecule has 0 bridgehead atoms. The van der Waals surface area contributed by atoms with Gasteiger partial charge in [-0.25, -0.2) is 9.37 Å². The number of amides is 1. The van der Waals surface area contributed by atoms with Gasteiger partial charge in [0.2, 0.25) is 0 Å². The molecule has 0 aliphatic rings. The molecule has 9 heteroatoms. The third-order valence-corrected chi connectivity index (χ3v) is 5.55. The summed E-state index contributed by atoms with van der Waals surface area (Å²) in [6.07, 6.45) is -4.40. The van der Waals surface area contributed by atoms with Crippen molar-refractivity contribution < 1.29 is 27.1 Å². The number of halogens is 4. The second-order valence-electron chi connectivity index (χ2n) is 7.17. The average molecular weight is 452 g/mol. The van der Waals surface area contributed by atoms with Crippen molar-refractivity contribution in [1.29, 1.82) is 0 Å². The first-order valence-electron chi connectivity index (χ1n) is 9.38. The molecule has 0 radical (unpaired) electrons. The maximum absolute atomic E-state index is 14.6. The second-order valence-corrected chi connectivity index (χ2v) is 8.03. The minimum Gasteiger partial charge on any atom is -0.489 e. The number of aromatic nitrogens is 1. The average Bonchev–Trinajstić information content (AvgIpc) is 3.20. The van der Waals surface area contributed by atoms with Crippen molar-refractivity contribution in [2.75, 3.05) is 7.05 Å². The maximum Gasteiger partial charge on any atom is 0.416 e. The van der Waals surface area contributed by atoms with Crippen molar-refractivity contribution in [3.63, 3.8) is 0 Å². The largest absolute Gasteiger partial charge is 0.489 e. The van der Waals surface area contributed by atoms with Crippen LogP contribution in [0.15, 0.2) is 47.8 Å². The number of nitrogens with zero attached hydrogens (tertiary/aromatic N) is 2. The van der Waals surface area contributed by atoms with Crippen LogP contribution in [0.25, 0.3) is 10.6 Å². The Balaban J connectivity index is 1.69. The van der Waals surface area contributed by atoms with Crippen LogP contribution in [-0.4, -0.2) is 28.9 Å². The minimum absolute atomic E-state index is 0.00559. The van der Waals surface area contributed by atoms with E-state index in [1.54, 1.807) is 23.4 Å². The lowest BCUT2D eigenvalue weighted by atomic mass is 10.1. The Morgan fingerprint density at radius 3 is 2.42 bits per heavy atom. The molecule has 0 spiro atoms. The number of carbonyl (C=O) groups is 1. The molecule has 0 atom stereocenters. The predicted octanol–water partition coefficient (Wildman–Crippen LogP) is 6.03. The Morgan fingerprint density at radius 1 is 1.16 bits per heavy atom. The van der Waals surface area contributed by atoms with E-state index < -0.39 is 17.6 Å². The zero-order valence-corrected chi connectivity index (χ0v) is 17.9. The summed E-state index contributed by atoms with van der Waals surface area (Å²) in [5.74, 6) is -0.585. The highest BCUT2D eigenvalue weighted by Crippen LogP contribution is 2.31. The highest BCUT2D eigenvalue weighted by Gasteiger charge is 2.29. The van der Waals surface area contributed by atoms with Crippen LogP contribution in [0.1, 0.15) is 35.5 Å². The Morgan fingerprint density at radius 2 is 1.84 bits per heavy atom. The molecule has 4 nitrogen and oxygen atoms in total. The van der Waals surface area contributed by atoms with Gasteiger partial charge in [0.1, 0.15) is 28.9 Å². The molecule has 0 aliphatic carbocycles. The monoisotopic (exact) mass is 452 g/mol. The van der Waals surface area contributed by atoms with E-state index in [9.17, 15) is 22.4 Å². The predicted molar refractivity (Wildman–Crippen MR) is 111 cm³/mol. The van der Waals surface area contributed by atoms with Gasteiger partial charge in [-0.2, -0.15) is 13.2 Å². The number of ether oxygens (including phenoxy) is 1. The zero-order valence-electron chi connectivity index (χ0n) is 17.0. The fraction of sp³-hybridized carbons (Fsp3) is 0.273. The van der Waals surface area contributed by atoms with Gasteiger partial charge in [0.25, 0.3) is 5.91 Å². The molecule has 1 aromatic heterocycles. The number of alkyl halides is 3. The van der Waals surface area contributed by atoms with Crippen LogP contribution in [0.3, 0.4) is 0 Å². The van der Waals surface area contributed by atoms with Gasteiger partial charge in [-0.05, 0) is 43.7 Å². The Hall–Kier alpha value is -2.94. The maximum atomic E-state index is 14.6. The number of hydrogen-bond acceptors (Lipinski definition) is 4. The molecular weight excluding hydrogens is 432 g/mol. The summed E-state index contributed by atoms with van der Waals surface area (Å²) in [6.45, 7) is 3.76. The number of thiazole rings is 1. The van der Waals surface area contributed by atoms with Gasteiger partial charge in [-0.3, -0.25) is 4.79 Å². The van der Waals surface area contributed by atoms with Gasteiger partial charge in [0, 0.05) is 30.1 Å². The smallest absolute Gasteiger partial charge is 0.416 e. The van der Waals surface area contributed by atoms with E-state index in [0.29, 0.717) is 10.6 Å². The van der Waals surface area contributed by atoms with Crippen molar-refractivity contribution in [2.24, 2.45) is 0 Å². The van der Waals surface area contributed by atoms with E-state index in [1.807, 2.05) is 13.8 Å². The van der Waals surface area contributed by atoms with Gasteiger partial charge in [0.05, 0.1) is 5.56 Å². The summed E-state index contributed by atoms with van der Waals surface area (Å²) in [4.78, 5) is 18.2. The summed E-state index contributed by atoms with van der Waals surface area (Å²) in [5.41, 5.74) is 0.263. The van der Waals surface area contributed by atoms with Gasteiger partial charge < -0.3 is 9.64 Å². The summed E-state index contributed by atoms with van der Waals surface area (Å²) >= 11 is 1.16. The molecular formula is C22H20F4N2O2S. The summed E-state index contributed by atoms with van der Waals surface area (Å²) in [7, 11) is 1.68. The van der Waals surface area contributed by atoms with Crippen molar-refractivity contribution >= 4 is 17.2 Å². The highest BCUT2D eigenvalue weighted by atomic mass is 32.1. The molecule has 3 aromatic rings. The number of rotatable bonds is 6. The van der Waals surface area contributed by atoms with E-state index >= 15 is 0 Å². The van der Waals surface area contributed by atoms with Gasteiger partial charge in [0.15, 0.2) is 0 Å². The molecule has 2 aromatic carbocycles. The van der Waals surface area contributed by atoms with E-state index in [0.717, 1.165) is 23.5 Å². The van der Waals surface area contributed by atoms with Crippen LogP contribution in [0.2, 0.25) is 0 Å². The van der Waals surface area contributed by atoms with Gasteiger partial charge in [-0.1, -0.05) is 12.1 Å². The lowest BCUT2D eigenvalue weighted by molar-refractivity contribution is -0.137. The molecule has 164 valence electrons. The van der Waals surface area contributed by atoms with E-state index in [2.05, 4.69) is 4.98 Å². The van der Waals surface area contributed by atoms with Crippen LogP contribution < -0.4 is 4.74 Å². The quantitative estimate of drug-likeness (QED) is 0.429. The topological polar surface area (TPSA) is 42.4 Å². The van der Waals surface area contributed by atoms with Crippen molar-refractivity contribution in [3.8, 4) is 16.3 Å². The van der Waals surface area contributed by atoms with Crippen molar-refractivity contribution in [1.82, 2.24) is 9.88 Å². The molecule has 3 rings (SSSR count). The van der Waals surface area contributed by atoms with Crippen LogP contribution >= 0.6 is 11.3 Å². The lowest BCUT2D eigenvalue weighted by Crippen LogP contribution is -2.33. The molecule has 1 amide bonds. The standard InChI is InChI=1S/C22H20F4N2O2S/c1-13(2)28(3)21(29)19-12-31-20(27-19)17-9-8-16(10-18(17)23)30-11-14-4-6-15(7-5-14)22(24,25)26/h4-10,12-13H,11H2,1-3H3. The SMILES string of the molecule is CC(C)N(C)C(=O)c1csc(-c2ccc(OCc3ccc(C(F)(F)F)cc3)cc2F)n1.